The van der Waals surface area contributed by atoms with Gasteiger partial charge in [-0.15, -0.1) is 0 Å². The summed E-state index contributed by atoms with van der Waals surface area (Å²) in [7, 11) is 1.76. The van der Waals surface area contributed by atoms with Gasteiger partial charge in [0.25, 0.3) is 0 Å². The second-order valence-electron chi connectivity index (χ2n) is 4.02. The van der Waals surface area contributed by atoms with Gasteiger partial charge in [0.2, 0.25) is 0 Å². The molecule has 3 nitrogen and oxygen atoms in total. The van der Waals surface area contributed by atoms with Crippen LogP contribution in [0.15, 0.2) is 16.6 Å². The normalized spacial score (nSPS) is 21.9. The van der Waals surface area contributed by atoms with E-state index in [4.69, 9.17) is 21.1 Å². The van der Waals surface area contributed by atoms with Crippen LogP contribution < -0.4 is 5.32 Å². The van der Waals surface area contributed by atoms with Gasteiger partial charge in [-0.3, -0.25) is 0 Å². The lowest BCUT2D eigenvalue weighted by molar-refractivity contribution is -0.102. The maximum atomic E-state index is 14.2. The van der Waals surface area contributed by atoms with Gasteiger partial charge in [0.15, 0.2) is 0 Å². The van der Waals surface area contributed by atoms with Gasteiger partial charge in [-0.05, 0) is 29.0 Å². The third kappa shape index (κ3) is 2.86. The van der Waals surface area contributed by atoms with Crippen molar-refractivity contribution in [2.45, 2.75) is 12.1 Å². The molecule has 0 saturated carbocycles. The Hall–Kier alpha value is -0.200. The van der Waals surface area contributed by atoms with E-state index in [2.05, 4.69) is 21.2 Å². The first-order valence-electron chi connectivity index (χ1n) is 5.65. The molecule has 1 aliphatic rings. The zero-order valence-corrected chi connectivity index (χ0v) is 12.2. The first-order chi connectivity index (χ1) is 8.65. The molecule has 1 aromatic rings. The van der Waals surface area contributed by atoms with E-state index in [1.54, 1.807) is 19.2 Å². The van der Waals surface area contributed by atoms with Gasteiger partial charge >= 0.3 is 0 Å². The van der Waals surface area contributed by atoms with Gasteiger partial charge in [0, 0.05) is 10.0 Å². The van der Waals surface area contributed by atoms with Crippen LogP contribution in [0.4, 0.5) is 4.39 Å². The molecule has 1 heterocycles. The fourth-order valence-electron chi connectivity index (χ4n) is 2.02. The lowest BCUT2D eigenvalue weighted by Crippen LogP contribution is -2.39. The van der Waals surface area contributed by atoms with Crippen LogP contribution in [-0.2, 0) is 9.47 Å². The average Bonchev–Trinajstić information content (AvgIpc) is 2.41. The molecule has 6 heteroatoms. The van der Waals surface area contributed by atoms with Crippen molar-refractivity contribution in [3.05, 3.63) is 33.0 Å². The van der Waals surface area contributed by atoms with Crippen LogP contribution in [0.2, 0.25) is 5.02 Å². The zero-order chi connectivity index (χ0) is 13.1. The largest absolute Gasteiger partial charge is 0.376 e. The summed E-state index contributed by atoms with van der Waals surface area (Å²) >= 11 is 9.10. The number of hydrogen-bond donors (Lipinski definition) is 1. The van der Waals surface area contributed by atoms with Crippen LogP contribution in [0.1, 0.15) is 11.6 Å². The molecule has 2 rings (SSSR count). The highest BCUT2D eigenvalue weighted by molar-refractivity contribution is 9.10. The predicted octanol–water partition coefficient (Wildman–Crippen LogP) is 2.92. The van der Waals surface area contributed by atoms with Crippen LogP contribution >= 0.6 is 27.5 Å². The monoisotopic (exact) mass is 337 g/mol. The third-order valence-electron chi connectivity index (χ3n) is 2.92. The second kappa shape index (κ2) is 6.30. The Morgan fingerprint density at radius 1 is 1.50 bits per heavy atom. The molecule has 0 aliphatic carbocycles. The molecule has 1 N–H and O–H groups in total. The van der Waals surface area contributed by atoms with E-state index in [1.165, 1.54) is 0 Å². The van der Waals surface area contributed by atoms with Crippen molar-refractivity contribution in [1.82, 2.24) is 5.32 Å². The Morgan fingerprint density at radius 2 is 2.28 bits per heavy atom. The molecule has 18 heavy (non-hydrogen) atoms. The molecule has 2 atom stereocenters. The van der Waals surface area contributed by atoms with Gasteiger partial charge < -0.3 is 14.8 Å². The number of hydrogen-bond acceptors (Lipinski definition) is 3. The van der Waals surface area contributed by atoms with E-state index in [0.717, 1.165) is 0 Å². The standard InChI is InChI=1S/C12H14BrClFNO2/c1-16-12(9-6-17-4-5-18-9)7-2-3-8(13)10(14)11(7)15/h2-3,9,12,16H,4-6H2,1H3. The minimum Gasteiger partial charge on any atom is -0.376 e. The molecular weight excluding hydrogens is 324 g/mol. The molecule has 1 saturated heterocycles. The van der Waals surface area contributed by atoms with Crippen LogP contribution in [0.5, 0.6) is 0 Å². The van der Waals surface area contributed by atoms with Crippen molar-refractivity contribution >= 4 is 27.5 Å². The number of benzene rings is 1. The summed E-state index contributed by atoms with van der Waals surface area (Å²) in [6.07, 6.45) is -0.213. The van der Waals surface area contributed by atoms with E-state index in [0.29, 0.717) is 29.9 Å². The summed E-state index contributed by atoms with van der Waals surface area (Å²) in [6, 6.07) is 3.15. The molecule has 0 bridgehead atoms. The SMILES string of the molecule is CNC(c1ccc(Br)c(Cl)c1F)C1COCCO1. The zero-order valence-electron chi connectivity index (χ0n) is 9.88. The average molecular weight is 339 g/mol. The maximum Gasteiger partial charge on any atom is 0.147 e. The van der Waals surface area contributed by atoms with Crippen LogP contribution in [-0.4, -0.2) is 33.0 Å². The molecule has 1 fully saturated rings. The summed E-state index contributed by atoms with van der Waals surface area (Å²) in [6.45, 7) is 1.55. The minimum atomic E-state index is -0.431. The lowest BCUT2D eigenvalue weighted by Gasteiger charge is -2.30. The number of ether oxygens (including phenoxy) is 2. The molecule has 0 spiro atoms. The van der Waals surface area contributed by atoms with Crippen LogP contribution in [0, 0.1) is 5.82 Å². The first-order valence-corrected chi connectivity index (χ1v) is 6.82. The molecule has 1 aromatic carbocycles. The molecule has 1 aliphatic heterocycles. The number of rotatable bonds is 3. The van der Waals surface area contributed by atoms with E-state index in [-0.39, 0.29) is 17.2 Å². The predicted molar refractivity (Wildman–Crippen MR) is 71.5 cm³/mol. The van der Waals surface area contributed by atoms with Crippen molar-refractivity contribution < 1.29 is 13.9 Å². The summed E-state index contributed by atoms with van der Waals surface area (Å²) < 4.78 is 25.7. The summed E-state index contributed by atoms with van der Waals surface area (Å²) in [5.41, 5.74) is 0.487. The molecule has 2 unspecified atom stereocenters. The number of halogens is 3. The first kappa shape index (κ1) is 14.2. The molecule has 0 radical (unpaired) electrons. The highest BCUT2D eigenvalue weighted by atomic mass is 79.9. The van der Waals surface area contributed by atoms with Crippen LogP contribution in [0.25, 0.3) is 0 Å². The van der Waals surface area contributed by atoms with Crippen molar-refractivity contribution in [3.8, 4) is 0 Å². The second-order valence-corrected chi connectivity index (χ2v) is 5.25. The van der Waals surface area contributed by atoms with Gasteiger partial charge in [0.05, 0.1) is 30.9 Å². The fourth-order valence-corrected chi connectivity index (χ4v) is 2.50. The van der Waals surface area contributed by atoms with Crippen molar-refractivity contribution in [1.29, 1.82) is 0 Å². The van der Waals surface area contributed by atoms with Crippen molar-refractivity contribution in [3.63, 3.8) is 0 Å². The van der Waals surface area contributed by atoms with E-state index < -0.39 is 5.82 Å². The highest BCUT2D eigenvalue weighted by Gasteiger charge is 2.28. The van der Waals surface area contributed by atoms with Crippen LogP contribution in [0.3, 0.4) is 0 Å². The summed E-state index contributed by atoms with van der Waals surface area (Å²) in [5.74, 6) is -0.431. The number of likely N-dealkylation sites (N-methyl/N-ethyl adjacent to an activating group) is 1. The Bertz CT molecular complexity index is 427. The molecule has 0 amide bonds. The summed E-state index contributed by atoms with van der Waals surface area (Å²) in [5, 5.41) is 3.14. The van der Waals surface area contributed by atoms with E-state index in [1.807, 2.05) is 0 Å². The Labute approximate surface area is 119 Å². The van der Waals surface area contributed by atoms with Gasteiger partial charge in [-0.1, -0.05) is 17.7 Å². The number of nitrogens with one attached hydrogen (secondary N) is 1. The highest BCUT2D eigenvalue weighted by Crippen LogP contribution is 2.32. The Kier molecular flexibility index (Phi) is 4.98. The quantitative estimate of drug-likeness (QED) is 0.860. The van der Waals surface area contributed by atoms with Gasteiger partial charge in [-0.25, -0.2) is 4.39 Å². The third-order valence-corrected chi connectivity index (χ3v) is 4.18. The fraction of sp³-hybridized carbons (Fsp3) is 0.500. The van der Waals surface area contributed by atoms with E-state index in [9.17, 15) is 4.39 Å². The smallest absolute Gasteiger partial charge is 0.147 e. The lowest BCUT2D eigenvalue weighted by atomic mass is 10.0. The topological polar surface area (TPSA) is 30.5 Å². The Morgan fingerprint density at radius 3 is 2.89 bits per heavy atom. The van der Waals surface area contributed by atoms with Crippen molar-refractivity contribution in [2.24, 2.45) is 0 Å². The molecular formula is C12H14BrClFNO2. The maximum absolute atomic E-state index is 14.2. The molecule has 100 valence electrons. The summed E-state index contributed by atoms with van der Waals surface area (Å²) in [4.78, 5) is 0. The van der Waals surface area contributed by atoms with Gasteiger partial charge in [0.1, 0.15) is 11.9 Å². The van der Waals surface area contributed by atoms with E-state index >= 15 is 0 Å². The molecule has 0 aromatic heterocycles. The Balaban J connectivity index is 2.29. The van der Waals surface area contributed by atoms with Gasteiger partial charge in [-0.2, -0.15) is 0 Å². The van der Waals surface area contributed by atoms with Crippen molar-refractivity contribution in [2.75, 3.05) is 26.9 Å². The minimum absolute atomic E-state index is 0.0875.